The van der Waals surface area contributed by atoms with Gasteiger partial charge in [-0.15, -0.1) is 11.6 Å². The van der Waals surface area contributed by atoms with Gasteiger partial charge < -0.3 is 4.90 Å². The number of rotatable bonds is 4. The van der Waals surface area contributed by atoms with Gasteiger partial charge in [0.15, 0.2) is 0 Å². The van der Waals surface area contributed by atoms with E-state index in [2.05, 4.69) is 9.97 Å². The molecular formula is C13H13ClFN3. The van der Waals surface area contributed by atoms with Gasteiger partial charge in [-0.3, -0.25) is 0 Å². The number of hydrogen-bond donors (Lipinski definition) is 0. The predicted molar refractivity (Wildman–Crippen MR) is 70.1 cm³/mol. The zero-order chi connectivity index (χ0) is 13.0. The van der Waals surface area contributed by atoms with Crippen LogP contribution in [-0.2, 0) is 12.4 Å². The van der Waals surface area contributed by atoms with Crippen LogP contribution >= 0.6 is 11.6 Å². The molecule has 0 aliphatic carbocycles. The van der Waals surface area contributed by atoms with E-state index in [0.717, 1.165) is 11.1 Å². The van der Waals surface area contributed by atoms with Gasteiger partial charge >= 0.3 is 0 Å². The van der Waals surface area contributed by atoms with Crippen LogP contribution in [0, 0.1) is 5.82 Å². The van der Waals surface area contributed by atoms with E-state index in [-0.39, 0.29) is 5.82 Å². The van der Waals surface area contributed by atoms with Crippen LogP contribution in [0.25, 0.3) is 0 Å². The molecule has 0 amide bonds. The average Bonchev–Trinajstić information content (AvgIpc) is 2.39. The van der Waals surface area contributed by atoms with Crippen molar-refractivity contribution in [3.63, 3.8) is 0 Å². The van der Waals surface area contributed by atoms with Crippen LogP contribution in [0.2, 0.25) is 0 Å². The first-order valence-corrected chi connectivity index (χ1v) is 6.05. The molecule has 0 unspecified atom stereocenters. The molecule has 0 saturated carbocycles. The Morgan fingerprint density at radius 3 is 2.56 bits per heavy atom. The number of anilines is 1. The predicted octanol–water partition coefficient (Wildman–Crippen LogP) is 2.99. The number of hydrogen-bond acceptors (Lipinski definition) is 3. The molecule has 2 rings (SSSR count). The topological polar surface area (TPSA) is 29.0 Å². The molecule has 0 atom stereocenters. The molecule has 1 heterocycles. The monoisotopic (exact) mass is 265 g/mol. The van der Waals surface area contributed by atoms with Gasteiger partial charge in [0.1, 0.15) is 5.82 Å². The number of benzene rings is 1. The largest absolute Gasteiger partial charge is 0.340 e. The van der Waals surface area contributed by atoms with Crippen molar-refractivity contribution in [3.8, 4) is 0 Å². The number of nitrogens with zero attached hydrogens (tertiary/aromatic N) is 3. The van der Waals surface area contributed by atoms with Crippen molar-refractivity contribution in [3.05, 3.63) is 53.6 Å². The summed E-state index contributed by atoms with van der Waals surface area (Å²) in [5.74, 6) is 0.751. The Balaban J connectivity index is 2.09. The van der Waals surface area contributed by atoms with E-state index in [0.29, 0.717) is 18.4 Å². The summed E-state index contributed by atoms with van der Waals surface area (Å²) in [6, 6.07) is 6.49. The Hall–Kier alpha value is -1.68. The van der Waals surface area contributed by atoms with Crippen LogP contribution in [0.4, 0.5) is 10.3 Å². The molecular weight excluding hydrogens is 253 g/mol. The van der Waals surface area contributed by atoms with Crippen molar-refractivity contribution in [1.82, 2.24) is 9.97 Å². The molecule has 0 aliphatic rings. The van der Waals surface area contributed by atoms with E-state index in [1.807, 2.05) is 18.0 Å². The zero-order valence-corrected chi connectivity index (χ0v) is 10.7. The molecule has 0 aliphatic heterocycles. The molecule has 1 aromatic carbocycles. The lowest BCUT2D eigenvalue weighted by Gasteiger charge is -2.16. The Morgan fingerprint density at radius 2 is 1.94 bits per heavy atom. The average molecular weight is 266 g/mol. The summed E-state index contributed by atoms with van der Waals surface area (Å²) in [6.45, 7) is 0.554. The zero-order valence-electron chi connectivity index (χ0n) is 9.98. The summed E-state index contributed by atoms with van der Waals surface area (Å²) in [4.78, 5) is 10.3. The summed E-state index contributed by atoms with van der Waals surface area (Å²) < 4.78 is 13.1. The highest BCUT2D eigenvalue weighted by molar-refractivity contribution is 6.17. The second kappa shape index (κ2) is 5.78. The maximum absolute atomic E-state index is 13.1. The van der Waals surface area contributed by atoms with E-state index in [1.54, 1.807) is 18.5 Å². The van der Waals surface area contributed by atoms with Crippen LogP contribution in [0.3, 0.4) is 0 Å². The lowest BCUT2D eigenvalue weighted by atomic mass is 10.2. The molecule has 0 spiro atoms. The Bertz CT molecular complexity index is 516. The normalized spacial score (nSPS) is 10.4. The van der Waals surface area contributed by atoms with Gasteiger partial charge in [-0.2, -0.15) is 0 Å². The summed E-state index contributed by atoms with van der Waals surface area (Å²) in [5, 5.41) is 0. The van der Waals surface area contributed by atoms with Crippen LogP contribution in [0.1, 0.15) is 11.1 Å². The van der Waals surface area contributed by atoms with Gasteiger partial charge in [0.2, 0.25) is 5.95 Å². The minimum atomic E-state index is -0.237. The molecule has 0 radical (unpaired) electrons. The molecule has 2 aromatic rings. The number of alkyl halides is 1. The van der Waals surface area contributed by atoms with Gasteiger partial charge in [-0.05, 0) is 17.7 Å². The fourth-order valence-electron chi connectivity index (χ4n) is 1.59. The summed E-state index contributed by atoms with van der Waals surface area (Å²) in [5.41, 5.74) is 1.75. The minimum absolute atomic E-state index is 0.237. The van der Waals surface area contributed by atoms with Crippen molar-refractivity contribution in [2.45, 2.75) is 12.4 Å². The molecule has 18 heavy (non-hydrogen) atoms. The fraction of sp³-hybridized carbons (Fsp3) is 0.231. The highest BCUT2D eigenvalue weighted by Gasteiger charge is 2.05. The smallest absolute Gasteiger partial charge is 0.225 e. The Morgan fingerprint density at radius 1 is 1.22 bits per heavy atom. The van der Waals surface area contributed by atoms with E-state index in [9.17, 15) is 4.39 Å². The van der Waals surface area contributed by atoms with Gasteiger partial charge in [0.25, 0.3) is 0 Å². The highest BCUT2D eigenvalue weighted by Crippen LogP contribution is 2.11. The Labute approximate surface area is 110 Å². The van der Waals surface area contributed by atoms with Crippen LogP contribution < -0.4 is 4.90 Å². The van der Waals surface area contributed by atoms with Crippen LogP contribution in [0.15, 0.2) is 36.7 Å². The van der Waals surface area contributed by atoms with Crippen molar-refractivity contribution < 1.29 is 4.39 Å². The molecule has 3 nitrogen and oxygen atoms in total. The SMILES string of the molecule is CN(Cc1cccc(F)c1)c1ncc(CCl)cn1. The fourth-order valence-corrected chi connectivity index (χ4v) is 1.73. The molecule has 94 valence electrons. The highest BCUT2D eigenvalue weighted by atomic mass is 35.5. The van der Waals surface area contributed by atoms with E-state index in [1.165, 1.54) is 12.1 Å². The molecule has 1 aromatic heterocycles. The molecule has 0 N–H and O–H groups in total. The van der Waals surface area contributed by atoms with Crippen molar-refractivity contribution in [1.29, 1.82) is 0 Å². The van der Waals surface area contributed by atoms with Crippen molar-refractivity contribution in [2.24, 2.45) is 0 Å². The molecule has 0 saturated heterocycles. The number of aromatic nitrogens is 2. The first kappa shape index (κ1) is 12.8. The van der Waals surface area contributed by atoms with Gasteiger partial charge in [-0.25, -0.2) is 14.4 Å². The van der Waals surface area contributed by atoms with Crippen molar-refractivity contribution in [2.75, 3.05) is 11.9 Å². The quantitative estimate of drug-likeness (QED) is 0.796. The summed E-state index contributed by atoms with van der Waals surface area (Å²) in [6.07, 6.45) is 3.38. The molecule has 0 fully saturated rings. The van der Waals surface area contributed by atoms with Gasteiger partial charge in [0, 0.05) is 31.5 Å². The van der Waals surface area contributed by atoms with Crippen LogP contribution in [-0.4, -0.2) is 17.0 Å². The lowest BCUT2D eigenvalue weighted by Crippen LogP contribution is -2.19. The van der Waals surface area contributed by atoms with Gasteiger partial charge in [0.05, 0.1) is 5.88 Å². The molecule has 5 heteroatoms. The van der Waals surface area contributed by atoms with E-state index < -0.39 is 0 Å². The summed E-state index contributed by atoms with van der Waals surface area (Å²) in [7, 11) is 1.86. The van der Waals surface area contributed by atoms with E-state index >= 15 is 0 Å². The standard InChI is InChI=1S/C13H13ClFN3/c1-18(9-10-3-2-4-12(15)5-10)13-16-7-11(6-14)8-17-13/h2-5,7-8H,6,9H2,1H3. The Kier molecular flexibility index (Phi) is 4.10. The third-order valence-electron chi connectivity index (χ3n) is 2.50. The van der Waals surface area contributed by atoms with Gasteiger partial charge in [-0.1, -0.05) is 12.1 Å². The molecule has 0 bridgehead atoms. The van der Waals surface area contributed by atoms with E-state index in [4.69, 9.17) is 11.6 Å². The number of halogens is 2. The van der Waals surface area contributed by atoms with Crippen LogP contribution in [0.5, 0.6) is 0 Å². The lowest BCUT2D eigenvalue weighted by molar-refractivity contribution is 0.625. The maximum Gasteiger partial charge on any atom is 0.225 e. The first-order valence-electron chi connectivity index (χ1n) is 5.51. The second-order valence-electron chi connectivity index (χ2n) is 4.01. The minimum Gasteiger partial charge on any atom is -0.340 e. The maximum atomic E-state index is 13.1. The first-order chi connectivity index (χ1) is 8.69. The second-order valence-corrected chi connectivity index (χ2v) is 4.28. The summed E-state index contributed by atoms with van der Waals surface area (Å²) >= 11 is 5.67. The third-order valence-corrected chi connectivity index (χ3v) is 2.80. The third kappa shape index (κ3) is 3.17. The van der Waals surface area contributed by atoms with Crippen molar-refractivity contribution >= 4 is 17.5 Å².